The monoisotopic (exact) mass is 339 g/mol. The Morgan fingerprint density at radius 3 is 2.58 bits per heavy atom. The predicted octanol–water partition coefficient (Wildman–Crippen LogP) is 4.42. The number of hydrogen-bond acceptors (Lipinski definition) is 2. The highest BCUT2D eigenvalue weighted by molar-refractivity contribution is 9.10. The Morgan fingerprint density at radius 1 is 1.21 bits per heavy atom. The van der Waals surface area contributed by atoms with E-state index in [-0.39, 0.29) is 6.61 Å². The molecule has 0 spiro atoms. The van der Waals surface area contributed by atoms with Crippen LogP contribution in [0.5, 0.6) is 0 Å². The summed E-state index contributed by atoms with van der Waals surface area (Å²) >= 11 is 9.52. The maximum absolute atomic E-state index is 9.76. The van der Waals surface area contributed by atoms with Crippen LogP contribution in [0.3, 0.4) is 0 Å². The van der Waals surface area contributed by atoms with Crippen LogP contribution in [0.25, 0.3) is 0 Å². The average Bonchev–Trinajstić information content (AvgIpc) is 2.41. The molecule has 0 fully saturated rings. The second-order valence-corrected chi connectivity index (χ2v) is 5.90. The van der Waals surface area contributed by atoms with Gasteiger partial charge in [-0.3, -0.25) is 0 Å². The Hall–Kier alpha value is -1.03. The molecular formula is C15H15BrClNO. The van der Waals surface area contributed by atoms with E-state index in [9.17, 15) is 5.11 Å². The Bertz CT molecular complexity index is 576. The summed E-state index contributed by atoms with van der Waals surface area (Å²) in [5.74, 6) is 0. The van der Waals surface area contributed by atoms with E-state index >= 15 is 0 Å². The van der Waals surface area contributed by atoms with Crippen LogP contribution in [0.2, 0.25) is 5.02 Å². The first-order valence-electron chi connectivity index (χ1n) is 5.95. The van der Waals surface area contributed by atoms with Gasteiger partial charge in [0.1, 0.15) is 0 Å². The highest BCUT2D eigenvalue weighted by Crippen LogP contribution is 2.31. The topological polar surface area (TPSA) is 32.3 Å². The molecule has 0 saturated carbocycles. The molecule has 2 N–H and O–H groups in total. The third-order valence-electron chi connectivity index (χ3n) is 3.06. The molecule has 2 rings (SSSR count). The second kappa shape index (κ2) is 5.95. The Kier molecular flexibility index (Phi) is 4.50. The van der Waals surface area contributed by atoms with Crippen molar-refractivity contribution in [2.24, 2.45) is 0 Å². The van der Waals surface area contributed by atoms with Crippen molar-refractivity contribution in [3.8, 4) is 0 Å². The van der Waals surface area contributed by atoms with Gasteiger partial charge in [-0.05, 0) is 52.7 Å². The molecule has 0 radical (unpaired) electrons. The van der Waals surface area contributed by atoms with Crippen molar-refractivity contribution in [2.45, 2.75) is 12.5 Å². The quantitative estimate of drug-likeness (QED) is 0.863. The van der Waals surface area contributed by atoms with Crippen LogP contribution in [0.4, 0.5) is 5.69 Å². The van der Waals surface area contributed by atoms with Gasteiger partial charge in [-0.2, -0.15) is 0 Å². The highest BCUT2D eigenvalue weighted by Gasteiger charge is 2.26. The van der Waals surface area contributed by atoms with Crippen LogP contribution in [-0.4, -0.2) is 11.7 Å². The molecule has 4 heteroatoms. The largest absolute Gasteiger partial charge is 0.394 e. The fourth-order valence-corrected chi connectivity index (χ4v) is 2.47. The third-order valence-corrected chi connectivity index (χ3v) is 3.99. The highest BCUT2D eigenvalue weighted by atomic mass is 79.9. The summed E-state index contributed by atoms with van der Waals surface area (Å²) in [7, 11) is 0. The van der Waals surface area contributed by atoms with E-state index in [0.29, 0.717) is 5.02 Å². The first-order valence-corrected chi connectivity index (χ1v) is 7.12. The Labute approximate surface area is 126 Å². The lowest BCUT2D eigenvalue weighted by molar-refractivity contribution is 0.224. The molecule has 2 aromatic rings. The molecule has 0 heterocycles. The Morgan fingerprint density at radius 2 is 1.95 bits per heavy atom. The van der Waals surface area contributed by atoms with E-state index in [0.717, 1.165) is 15.7 Å². The smallest absolute Gasteiger partial charge is 0.0829 e. The van der Waals surface area contributed by atoms with Crippen LogP contribution < -0.4 is 5.32 Å². The summed E-state index contributed by atoms with van der Waals surface area (Å²) in [5.41, 5.74) is 1.28. The van der Waals surface area contributed by atoms with Crippen molar-refractivity contribution in [1.29, 1.82) is 0 Å². The summed E-state index contributed by atoms with van der Waals surface area (Å²) in [5, 5.41) is 13.8. The van der Waals surface area contributed by atoms with Gasteiger partial charge in [0.05, 0.1) is 12.1 Å². The zero-order valence-corrected chi connectivity index (χ0v) is 12.9. The van der Waals surface area contributed by atoms with Crippen molar-refractivity contribution in [2.75, 3.05) is 11.9 Å². The number of benzene rings is 2. The lowest BCUT2D eigenvalue weighted by Crippen LogP contribution is -2.36. The van der Waals surface area contributed by atoms with Gasteiger partial charge in [0.25, 0.3) is 0 Å². The molecule has 100 valence electrons. The summed E-state index contributed by atoms with van der Waals surface area (Å²) in [4.78, 5) is 0. The second-order valence-electron chi connectivity index (χ2n) is 4.61. The Balaban J connectivity index is 2.36. The first-order chi connectivity index (χ1) is 9.05. The normalized spacial score (nSPS) is 13.9. The lowest BCUT2D eigenvalue weighted by atomic mass is 9.92. The average molecular weight is 341 g/mol. The van der Waals surface area contributed by atoms with Crippen molar-refractivity contribution < 1.29 is 5.11 Å². The molecule has 2 aromatic carbocycles. The fraction of sp³-hybridized carbons (Fsp3) is 0.200. The zero-order chi connectivity index (χ0) is 13.9. The molecule has 0 saturated heterocycles. The summed E-state index contributed by atoms with van der Waals surface area (Å²) in [6.45, 7) is 1.91. The molecule has 0 aliphatic carbocycles. The van der Waals surface area contributed by atoms with Crippen LogP contribution in [-0.2, 0) is 5.54 Å². The van der Waals surface area contributed by atoms with Crippen molar-refractivity contribution >= 4 is 33.2 Å². The van der Waals surface area contributed by atoms with Crippen LogP contribution >= 0.6 is 27.5 Å². The number of hydrogen-bond donors (Lipinski definition) is 2. The van der Waals surface area contributed by atoms with Crippen molar-refractivity contribution in [3.63, 3.8) is 0 Å². The number of aliphatic hydroxyl groups is 1. The molecule has 19 heavy (non-hydrogen) atoms. The van der Waals surface area contributed by atoms with Crippen molar-refractivity contribution in [3.05, 3.63) is 63.6 Å². The predicted molar refractivity (Wildman–Crippen MR) is 83.7 cm³/mol. The van der Waals surface area contributed by atoms with E-state index in [1.54, 1.807) is 0 Å². The summed E-state index contributed by atoms with van der Waals surface area (Å²) in [6, 6.07) is 15.3. The fourth-order valence-electron chi connectivity index (χ4n) is 1.89. The molecule has 0 bridgehead atoms. The molecular weight excluding hydrogens is 326 g/mol. The van der Waals surface area contributed by atoms with Gasteiger partial charge in [0.15, 0.2) is 0 Å². The van der Waals surface area contributed by atoms with E-state index < -0.39 is 5.54 Å². The SMILES string of the molecule is CC(CO)(Nc1ccccc1Br)c1cccc(Cl)c1. The number of aliphatic hydroxyl groups excluding tert-OH is 1. The summed E-state index contributed by atoms with van der Waals surface area (Å²) < 4.78 is 0.955. The number of anilines is 1. The minimum atomic E-state index is -0.589. The minimum absolute atomic E-state index is 0.0331. The standard InChI is InChI=1S/C15H15BrClNO/c1-15(10-19,11-5-4-6-12(17)9-11)18-14-8-3-2-7-13(14)16/h2-9,18-19H,10H2,1H3. The maximum atomic E-state index is 9.76. The van der Waals surface area contributed by atoms with E-state index in [1.807, 2.05) is 55.5 Å². The van der Waals surface area contributed by atoms with Gasteiger partial charge in [-0.25, -0.2) is 0 Å². The van der Waals surface area contributed by atoms with Crippen molar-refractivity contribution in [1.82, 2.24) is 0 Å². The van der Waals surface area contributed by atoms with Gasteiger partial charge in [-0.1, -0.05) is 35.9 Å². The van der Waals surface area contributed by atoms with E-state index in [2.05, 4.69) is 21.2 Å². The van der Waals surface area contributed by atoms with Gasteiger partial charge in [-0.15, -0.1) is 0 Å². The van der Waals surface area contributed by atoms with Gasteiger partial charge >= 0.3 is 0 Å². The molecule has 2 nitrogen and oxygen atoms in total. The lowest BCUT2D eigenvalue weighted by Gasteiger charge is -2.31. The van der Waals surface area contributed by atoms with Crippen LogP contribution in [0.1, 0.15) is 12.5 Å². The molecule has 0 amide bonds. The number of halogens is 2. The number of para-hydroxylation sites is 1. The van der Waals surface area contributed by atoms with Gasteiger partial charge < -0.3 is 10.4 Å². The van der Waals surface area contributed by atoms with Gasteiger partial charge in [0.2, 0.25) is 0 Å². The molecule has 1 atom stereocenters. The molecule has 1 unspecified atom stereocenters. The maximum Gasteiger partial charge on any atom is 0.0829 e. The summed E-state index contributed by atoms with van der Waals surface area (Å²) in [6.07, 6.45) is 0. The molecule has 0 aliphatic heterocycles. The number of rotatable bonds is 4. The first kappa shape index (κ1) is 14.4. The minimum Gasteiger partial charge on any atom is -0.394 e. The number of nitrogens with one attached hydrogen (secondary N) is 1. The van der Waals surface area contributed by atoms with Crippen LogP contribution in [0.15, 0.2) is 53.0 Å². The van der Waals surface area contributed by atoms with E-state index in [4.69, 9.17) is 11.6 Å². The van der Waals surface area contributed by atoms with Crippen LogP contribution in [0, 0.1) is 0 Å². The van der Waals surface area contributed by atoms with Gasteiger partial charge in [0, 0.05) is 15.2 Å². The third kappa shape index (κ3) is 3.30. The van der Waals surface area contributed by atoms with E-state index in [1.165, 1.54) is 0 Å². The molecule has 0 aliphatic rings. The zero-order valence-electron chi connectivity index (χ0n) is 10.5. The molecule has 0 aromatic heterocycles.